The van der Waals surface area contributed by atoms with Crippen LogP contribution in [0, 0.1) is 19.7 Å². The number of aromatic nitrogens is 5. The highest BCUT2D eigenvalue weighted by molar-refractivity contribution is 5.75. The number of fused-ring (bicyclic) bond motifs is 1. The highest BCUT2D eigenvalue weighted by Gasteiger charge is 2.24. The molecule has 1 saturated heterocycles. The van der Waals surface area contributed by atoms with Crippen LogP contribution in [0.3, 0.4) is 0 Å². The fourth-order valence-corrected chi connectivity index (χ4v) is 4.55. The van der Waals surface area contributed by atoms with Crippen molar-refractivity contribution < 1.29 is 9.13 Å². The number of aryl methyl sites for hydroxylation is 2. The Morgan fingerprint density at radius 2 is 1.77 bits per heavy atom. The number of hydrogen-bond acceptors (Lipinski definition) is 8. The fraction of sp³-hybridized carbons (Fsp3) is 0.320. The highest BCUT2D eigenvalue weighted by atomic mass is 19.1. The van der Waals surface area contributed by atoms with Crippen LogP contribution in [0.15, 0.2) is 47.7 Å². The minimum atomic E-state index is -0.227. The van der Waals surface area contributed by atoms with Gasteiger partial charge < -0.3 is 14.5 Å². The Kier molecular flexibility index (Phi) is 6.02. The molecule has 5 rings (SSSR count). The third kappa shape index (κ3) is 4.27. The van der Waals surface area contributed by atoms with Crippen LogP contribution < -0.4 is 20.1 Å². The summed E-state index contributed by atoms with van der Waals surface area (Å²) >= 11 is 0. The smallest absolute Gasteiger partial charge is 0.276 e. The molecule has 10 heteroatoms. The van der Waals surface area contributed by atoms with Crippen LogP contribution in [0.1, 0.15) is 17.0 Å². The Morgan fingerprint density at radius 3 is 2.51 bits per heavy atom. The number of anilines is 2. The summed E-state index contributed by atoms with van der Waals surface area (Å²) in [4.78, 5) is 35.5. The van der Waals surface area contributed by atoms with Gasteiger partial charge >= 0.3 is 0 Å². The number of para-hydroxylation sites is 1. The number of nitrogens with zero attached hydrogens (tertiary/aromatic N) is 7. The van der Waals surface area contributed by atoms with Gasteiger partial charge in [0.2, 0.25) is 5.88 Å². The van der Waals surface area contributed by atoms with Crippen molar-refractivity contribution in [2.45, 2.75) is 20.4 Å². The summed E-state index contributed by atoms with van der Waals surface area (Å²) in [6, 6.07) is 6.90. The summed E-state index contributed by atoms with van der Waals surface area (Å²) < 4.78 is 21.4. The van der Waals surface area contributed by atoms with Crippen molar-refractivity contribution >= 4 is 22.5 Å². The zero-order chi connectivity index (χ0) is 24.5. The van der Waals surface area contributed by atoms with E-state index in [0.717, 1.165) is 5.56 Å². The highest BCUT2D eigenvalue weighted by Crippen LogP contribution is 2.26. The van der Waals surface area contributed by atoms with Crippen molar-refractivity contribution in [3.05, 3.63) is 76.0 Å². The molecule has 35 heavy (non-hydrogen) atoms. The van der Waals surface area contributed by atoms with E-state index in [4.69, 9.17) is 4.74 Å². The van der Waals surface area contributed by atoms with Crippen LogP contribution in [0.2, 0.25) is 0 Å². The molecule has 0 N–H and O–H groups in total. The molecular formula is C25H26FN7O2. The third-order valence-electron chi connectivity index (χ3n) is 6.26. The first-order valence-corrected chi connectivity index (χ1v) is 11.4. The lowest BCUT2D eigenvalue weighted by Crippen LogP contribution is -2.49. The van der Waals surface area contributed by atoms with E-state index < -0.39 is 0 Å². The molecule has 0 bridgehead atoms. The zero-order valence-corrected chi connectivity index (χ0v) is 19.9. The van der Waals surface area contributed by atoms with Crippen molar-refractivity contribution in [1.29, 1.82) is 0 Å². The van der Waals surface area contributed by atoms with Crippen molar-refractivity contribution in [2.24, 2.45) is 0 Å². The van der Waals surface area contributed by atoms with Gasteiger partial charge in [0.15, 0.2) is 5.65 Å². The molecule has 4 heterocycles. The molecule has 9 nitrogen and oxygen atoms in total. The van der Waals surface area contributed by atoms with Crippen LogP contribution >= 0.6 is 0 Å². The minimum Gasteiger partial charge on any atom is -0.480 e. The second-order valence-corrected chi connectivity index (χ2v) is 8.53. The summed E-state index contributed by atoms with van der Waals surface area (Å²) in [5.41, 5.74) is 4.18. The first-order valence-electron chi connectivity index (χ1n) is 11.4. The number of hydrogen-bond donors (Lipinski definition) is 0. The Hall–Kier alpha value is -4.08. The number of methoxy groups -OCH3 is 1. The molecule has 0 aliphatic carbocycles. The van der Waals surface area contributed by atoms with E-state index in [9.17, 15) is 9.18 Å². The summed E-state index contributed by atoms with van der Waals surface area (Å²) in [5.74, 6) is 0.127. The van der Waals surface area contributed by atoms with Crippen molar-refractivity contribution in [1.82, 2.24) is 24.5 Å². The summed E-state index contributed by atoms with van der Waals surface area (Å²) in [5, 5.41) is 0. The van der Waals surface area contributed by atoms with Crippen LogP contribution in [-0.2, 0) is 6.54 Å². The van der Waals surface area contributed by atoms with E-state index in [1.165, 1.54) is 13.2 Å². The van der Waals surface area contributed by atoms with Gasteiger partial charge in [-0.3, -0.25) is 19.3 Å². The maximum Gasteiger partial charge on any atom is 0.276 e. The molecule has 3 aromatic heterocycles. The molecule has 0 unspecified atom stereocenters. The van der Waals surface area contributed by atoms with Gasteiger partial charge in [-0.25, -0.2) is 14.4 Å². The predicted molar refractivity (Wildman–Crippen MR) is 132 cm³/mol. The van der Waals surface area contributed by atoms with Gasteiger partial charge in [-0.05, 0) is 31.5 Å². The normalized spacial score (nSPS) is 13.9. The first kappa shape index (κ1) is 22.7. The second-order valence-electron chi connectivity index (χ2n) is 8.53. The monoisotopic (exact) mass is 475 g/mol. The van der Waals surface area contributed by atoms with Crippen LogP contribution in [0.25, 0.3) is 11.2 Å². The van der Waals surface area contributed by atoms with Gasteiger partial charge in [-0.1, -0.05) is 12.1 Å². The van der Waals surface area contributed by atoms with Crippen LogP contribution in [0.5, 0.6) is 5.88 Å². The standard InChI is InChI=1S/C25H26FN7O2/c1-16-5-4-6-18(26)22(16)32-11-9-31(10-12-32)21-13-19-23(30-17(2)14-29-19)33(25(21)34)15-20-24(35-3)28-8-7-27-20/h4-8,13-14H,9-12,15H2,1-3H3. The van der Waals surface area contributed by atoms with Gasteiger partial charge in [0.1, 0.15) is 22.7 Å². The van der Waals surface area contributed by atoms with Gasteiger partial charge in [-0.15, -0.1) is 0 Å². The van der Waals surface area contributed by atoms with Gasteiger partial charge in [-0.2, -0.15) is 0 Å². The molecule has 1 aromatic carbocycles. The largest absolute Gasteiger partial charge is 0.480 e. The molecule has 0 spiro atoms. The zero-order valence-electron chi connectivity index (χ0n) is 19.9. The predicted octanol–water partition coefficient (Wildman–Crippen LogP) is 2.72. The molecule has 1 fully saturated rings. The average Bonchev–Trinajstić information content (AvgIpc) is 2.86. The summed E-state index contributed by atoms with van der Waals surface area (Å²) in [6.07, 6.45) is 4.79. The van der Waals surface area contributed by atoms with Crippen molar-refractivity contribution in [3.8, 4) is 5.88 Å². The number of piperazine rings is 1. The van der Waals surface area contributed by atoms with E-state index in [1.54, 1.807) is 35.3 Å². The molecule has 0 amide bonds. The number of benzene rings is 1. The number of rotatable bonds is 5. The number of halogens is 1. The van der Waals surface area contributed by atoms with E-state index in [0.29, 0.717) is 66.0 Å². The van der Waals surface area contributed by atoms with Crippen LogP contribution in [-0.4, -0.2) is 57.8 Å². The van der Waals surface area contributed by atoms with Gasteiger partial charge in [0.05, 0.1) is 25.0 Å². The maximum atomic E-state index is 14.5. The lowest BCUT2D eigenvalue weighted by atomic mass is 10.1. The number of pyridine rings is 1. The van der Waals surface area contributed by atoms with E-state index >= 15 is 0 Å². The first-order chi connectivity index (χ1) is 17.0. The van der Waals surface area contributed by atoms with E-state index in [-0.39, 0.29) is 17.9 Å². The van der Waals surface area contributed by atoms with E-state index in [2.05, 4.69) is 19.9 Å². The molecule has 4 aromatic rings. The minimum absolute atomic E-state index is 0.146. The SMILES string of the molecule is COc1nccnc1Cn1c(=O)c(N2CCN(c3c(C)cccc3F)CC2)cc2ncc(C)nc21. The summed E-state index contributed by atoms with van der Waals surface area (Å²) in [6.45, 7) is 6.22. The van der Waals surface area contributed by atoms with E-state index in [1.807, 2.05) is 29.7 Å². The Bertz CT molecular complexity index is 1430. The average molecular weight is 476 g/mol. The summed E-state index contributed by atoms with van der Waals surface area (Å²) in [7, 11) is 1.52. The molecule has 180 valence electrons. The Labute approximate surface area is 201 Å². The third-order valence-corrected chi connectivity index (χ3v) is 6.26. The quantitative estimate of drug-likeness (QED) is 0.435. The number of ether oxygens (including phenoxy) is 1. The molecule has 0 atom stereocenters. The molecule has 0 saturated carbocycles. The molecule has 1 aliphatic heterocycles. The lowest BCUT2D eigenvalue weighted by Gasteiger charge is -2.37. The lowest BCUT2D eigenvalue weighted by molar-refractivity contribution is 0.387. The van der Waals surface area contributed by atoms with Crippen LogP contribution in [0.4, 0.5) is 15.8 Å². The second kappa shape index (κ2) is 9.28. The maximum absolute atomic E-state index is 14.5. The van der Waals surface area contributed by atoms with Gasteiger partial charge in [0.25, 0.3) is 5.56 Å². The van der Waals surface area contributed by atoms with Crippen molar-refractivity contribution in [2.75, 3.05) is 43.1 Å². The van der Waals surface area contributed by atoms with Crippen molar-refractivity contribution in [3.63, 3.8) is 0 Å². The topological polar surface area (TPSA) is 89.3 Å². The molecule has 1 aliphatic rings. The van der Waals surface area contributed by atoms with Gasteiger partial charge in [0, 0.05) is 44.8 Å². The fourth-order valence-electron chi connectivity index (χ4n) is 4.55. The molecular weight excluding hydrogens is 449 g/mol. The Morgan fingerprint density at radius 1 is 1.03 bits per heavy atom. The Balaban J connectivity index is 1.51. The molecule has 0 radical (unpaired) electrons.